The molecule has 0 aliphatic heterocycles. The van der Waals surface area contributed by atoms with E-state index in [0.29, 0.717) is 12.6 Å². The van der Waals surface area contributed by atoms with Crippen molar-refractivity contribution in [1.29, 1.82) is 0 Å². The molecule has 1 aliphatic carbocycles. The monoisotopic (exact) mass is 260 g/mol. The molecule has 19 heavy (non-hydrogen) atoms. The Bertz CT molecular complexity index is 384. The summed E-state index contributed by atoms with van der Waals surface area (Å²) >= 11 is 0. The van der Waals surface area contributed by atoms with Crippen LogP contribution in [0.5, 0.6) is 0 Å². The van der Waals surface area contributed by atoms with Crippen LogP contribution < -0.4 is 5.73 Å². The van der Waals surface area contributed by atoms with Crippen molar-refractivity contribution in [2.75, 3.05) is 19.6 Å². The van der Waals surface area contributed by atoms with E-state index in [1.807, 2.05) is 0 Å². The lowest BCUT2D eigenvalue weighted by Gasteiger charge is -2.37. The minimum absolute atomic E-state index is 0.0560. The third kappa shape index (κ3) is 3.80. The Balaban J connectivity index is 2.11. The SMILES string of the molecule is CC(C)N(CC1CC1)CC(C)(CN)c1ccccc1. The summed E-state index contributed by atoms with van der Waals surface area (Å²) in [6, 6.07) is 11.3. The largest absolute Gasteiger partial charge is 0.330 e. The van der Waals surface area contributed by atoms with Crippen molar-refractivity contribution in [3.05, 3.63) is 35.9 Å². The molecule has 0 radical (unpaired) electrons. The highest BCUT2D eigenvalue weighted by atomic mass is 15.2. The summed E-state index contributed by atoms with van der Waals surface area (Å²) in [6.07, 6.45) is 2.82. The highest BCUT2D eigenvalue weighted by molar-refractivity contribution is 5.25. The van der Waals surface area contributed by atoms with Crippen LogP contribution in [0.25, 0.3) is 0 Å². The minimum Gasteiger partial charge on any atom is -0.330 e. The molecule has 0 bridgehead atoms. The molecule has 1 aromatic rings. The van der Waals surface area contributed by atoms with E-state index in [9.17, 15) is 0 Å². The smallest absolute Gasteiger partial charge is 0.0174 e. The minimum atomic E-state index is 0.0560. The van der Waals surface area contributed by atoms with Crippen LogP contribution in [-0.4, -0.2) is 30.6 Å². The molecular weight excluding hydrogens is 232 g/mol. The molecule has 1 aromatic carbocycles. The van der Waals surface area contributed by atoms with Gasteiger partial charge in [0.25, 0.3) is 0 Å². The molecule has 1 unspecified atom stereocenters. The van der Waals surface area contributed by atoms with Crippen LogP contribution in [0.3, 0.4) is 0 Å². The van der Waals surface area contributed by atoms with Crippen molar-refractivity contribution in [1.82, 2.24) is 4.90 Å². The van der Waals surface area contributed by atoms with Gasteiger partial charge < -0.3 is 5.73 Å². The maximum absolute atomic E-state index is 6.11. The van der Waals surface area contributed by atoms with Crippen LogP contribution in [-0.2, 0) is 5.41 Å². The molecule has 1 aliphatic rings. The third-order valence-electron chi connectivity index (χ3n) is 4.39. The molecule has 0 amide bonds. The predicted molar refractivity (Wildman–Crippen MR) is 82.3 cm³/mol. The van der Waals surface area contributed by atoms with Crippen molar-refractivity contribution < 1.29 is 0 Å². The molecule has 0 aromatic heterocycles. The summed E-state index contributed by atoms with van der Waals surface area (Å²) < 4.78 is 0. The molecule has 2 rings (SSSR count). The van der Waals surface area contributed by atoms with E-state index >= 15 is 0 Å². The number of benzene rings is 1. The van der Waals surface area contributed by atoms with Gasteiger partial charge in [0.15, 0.2) is 0 Å². The number of hydrogen-bond donors (Lipinski definition) is 1. The number of nitrogens with two attached hydrogens (primary N) is 1. The van der Waals surface area contributed by atoms with E-state index in [-0.39, 0.29) is 5.41 Å². The molecule has 2 N–H and O–H groups in total. The number of rotatable bonds is 7. The Labute approximate surface area is 118 Å². The second kappa shape index (κ2) is 6.06. The summed E-state index contributed by atoms with van der Waals surface area (Å²) in [7, 11) is 0. The Kier molecular flexibility index (Phi) is 4.64. The van der Waals surface area contributed by atoms with Gasteiger partial charge in [-0.25, -0.2) is 0 Å². The first-order valence-corrected chi connectivity index (χ1v) is 7.55. The number of nitrogens with zero attached hydrogens (tertiary/aromatic N) is 1. The molecule has 1 fully saturated rings. The second-order valence-corrected chi connectivity index (χ2v) is 6.60. The van der Waals surface area contributed by atoms with Crippen LogP contribution in [0.1, 0.15) is 39.2 Å². The van der Waals surface area contributed by atoms with Crippen LogP contribution in [0.15, 0.2) is 30.3 Å². The normalized spacial score (nSPS) is 18.8. The van der Waals surface area contributed by atoms with Gasteiger partial charge in [-0.1, -0.05) is 37.3 Å². The van der Waals surface area contributed by atoms with Crippen LogP contribution >= 0.6 is 0 Å². The van der Waals surface area contributed by atoms with Crippen molar-refractivity contribution >= 4 is 0 Å². The Hall–Kier alpha value is -0.860. The maximum Gasteiger partial charge on any atom is 0.0174 e. The predicted octanol–water partition coefficient (Wildman–Crippen LogP) is 3.02. The average molecular weight is 260 g/mol. The molecule has 0 heterocycles. The van der Waals surface area contributed by atoms with E-state index in [1.165, 1.54) is 24.9 Å². The Morgan fingerprint density at radius 1 is 1.26 bits per heavy atom. The fourth-order valence-corrected chi connectivity index (χ4v) is 2.65. The van der Waals surface area contributed by atoms with Gasteiger partial charge in [-0.05, 0) is 38.2 Å². The summed E-state index contributed by atoms with van der Waals surface area (Å²) in [6.45, 7) is 9.88. The lowest BCUT2D eigenvalue weighted by atomic mass is 9.81. The van der Waals surface area contributed by atoms with Gasteiger partial charge in [0.05, 0.1) is 0 Å². The number of hydrogen-bond acceptors (Lipinski definition) is 2. The molecule has 106 valence electrons. The zero-order valence-corrected chi connectivity index (χ0v) is 12.6. The lowest BCUT2D eigenvalue weighted by Crippen LogP contribution is -2.47. The molecule has 1 atom stereocenters. The van der Waals surface area contributed by atoms with E-state index in [0.717, 1.165) is 12.5 Å². The Morgan fingerprint density at radius 3 is 2.37 bits per heavy atom. The molecule has 2 nitrogen and oxygen atoms in total. The van der Waals surface area contributed by atoms with Crippen LogP contribution in [0.4, 0.5) is 0 Å². The van der Waals surface area contributed by atoms with Gasteiger partial charge >= 0.3 is 0 Å². The van der Waals surface area contributed by atoms with Crippen LogP contribution in [0, 0.1) is 5.92 Å². The summed E-state index contributed by atoms with van der Waals surface area (Å²) in [5.74, 6) is 0.931. The van der Waals surface area contributed by atoms with E-state index in [4.69, 9.17) is 5.73 Å². The zero-order valence-electron chi connectivity index (χ0n) is 12.6. The summed E-state index contributed by atoms with van der Waals surface area (Å²) in [5, 5.41) is 0. The van der Waals surface area contributed by atoms with Gasteiger partial charge in [-0.3, -0.25) is 4.90 Å². The van der Waals surface area contributed by atoms with Crippen molar-refractivity contribution in [3.63, 3.8) is 0 Å². The first kappa shape index (κ1) is 14.5. The highest BCUT2D eigenvalue weighted by Gasteiger charge is 2.32. The first-order chi connectivity index (χ1) is 9.05. The standard InChI is InChI=1S/C17H28N2/c1-14(2)19(11-15-9-10-15)13-17(3,12-18)16-7-5-4-6-8-16/h4-8,14-15H,9-13,18H2,1-3H3. The second-order valence-electron chi connectivity index (χ2n) is 6.60. The highest BCUT2D eigenvalue weighted by Crippen LogP contribution is 2.32. The maximum atomic E-state index is 6.11. The fraction of sp³-hybridized carbons (Fsp3) is 0.647. The van der Waals surface area contributed by atoms with Crippen molar-refractivity contribution in [3.8, 4) is 0 Å². The summed E-state index contributed by atoms with van der Waals surface area (Å²) in [4.78, 5) is 2.61. The third-order valence-corrected chi connectivity index (χ3v) is 4.39. The van der Waals surface area contributed by atoms with E-state index < -0.39 is 0 Å². The van der Waals surface area contributed by atoms with E-state index in [1.54, 1.807) is 0 Å². The van der Waals surface area contributed by atoms with Gasteiger partial charge in [-0.15, -0.1) is 0 Å². The quantitative estimate of drug-likeness (QED) is 0.816. The average Bonchev–Trinajstić information content (AvgIpc) is 3.22. The molecular formula is C17H28N2. The molecule has 2 heteroatoms. The van der Waals surface area contributed by atoms with Gasteiger partial charge in [-0.2, -0.15) is 0 Å². The van der Waals surface area contributed by atoms with Crippen LogP contribution in [0.2, 0.25) is 0 Å². The molecule has 0 spiro atoms. The lowest BCUT2D eigenvalue weighted by molar-refractivity contribution is 0.169. The van der Waals surface area contributed by atoms with E-state index in [2.05, 4.69) is 56.0 Å². The molecule has 1 saturated carbocycles. The zero-order chi connectivity index (χ0) is 13.9. The van der Waals surface area contributed by atoms with Gasteiger partial charge in [0.1, 0.15) is 0 Å². The van der Waals surface area contributed by atoms with Gasteiger partial charge in [0.2, 0.25) is 0 Å². The van der Waals surface area contributed by atoms with Crippen molar-refractivity contribution in [2.24, 2.45) is 11.7 Å². The van der Waals surface area contributed by atoms with Gasteiger partial charge in [0, 0.05) is 31.1 Å². The fourth-order valence-electron chi connectivity index (χ4n) is 2.65. The first-order valence-electron chi connectivity index (χ1n) is 7.55. The summed E-state index contributed by atoms with van der Waals surface area (Å²) in [5.41, 5.74) is 7.52. The Morgan fingerprint density at radius 2 is 1.89 bits per heavy atom. The molecule has 0 saturated heterocycles. The van der Waals surface area contributed by atoms with Crippen molar-refractivity contribution in [2.45, 2.75) is 45.1 Å². The topological polar surface area (TPSA) is 29.3 Å².